The number of hydrogen-bond donors (Lipinski definition) is 2. The summed E-state index contributed by atoms with van der Waals surface area (Å²) in [6, 6.07) is 11.7. The molecule has 0 atom stereocenters. The zero-order valence-electron chi connectivity index (χ0n) is 15.1. The van der Waals surface area contributed by atoms with E-state index in [1.54, 1.807) is 36.4 Å². The van der Waals surface area contributed by atoms with Crippen LogP contribution in [0.2, 0.25) is 10.0 Å². The summed E-state index contributed by atoms with van der Waals surface area (Å²) in [7, 11) is 0. The molecule has 2 N–H and O–H groups in total. The Balaban J connectivity index is 1.88. The van der Waals surface area contributed by atoms with Crippen LogP contribution in [0.1, 0.15) is 35.7 Å². The molecule has 0 unspecified atom stereocenters. The van der Waals surface area contributed by atoms with Crippen LogP contribution in [0.25, 0.3) is 0 Å². The fourth-order valence-corrected chi connectivity index (χ4v) is 2.66. The summed E-state index contributed by atoms with van der Waals surface area (Å²) in [5.74, 6) is -0.449. The fourth-order valence-electron chi connectivity index (χ4n) is 2.34. The first-order chi connectivity index (χ1) is 13.0. The maximum atomic E-state index is 12.2. The Morgan fingerprint density at radius 1 is 1.07 bits per heavy atom. The summed E-state index contributed by atoms with van der Waals surface area (Å²) in [4.78, 5) is 24.3. The van der Waals surface area contributed by atoms with Crippen molar-refractivity contribution in [2.45, 2.75) is 26.2 Å². The van der Waals surface area contributed by atoms with Crippen LogP contribution >= 0.6 is 23.2 Å². The molecule has 0 fully saturated rings. The summed E-state index contributed by atoms with van der Waals surface area (Å²) in [5, 5.41) is 6.42. The highest BCUT2D eigenvalue weighted by molar-refractivity contribution is 6.42. The van der Waals surface area contributed by atoms with E-state index in [9.17, 15) is 9.59 Å². The van der Waals surface area contributed by atoms with E-state index in [-0.39, 0.29) is 0 Å². The minimum absolute atomic E-state index is 0.327. The average molecular weight is 409 g/mol. The first-order valence-electron chi connectivity index (χ1n) is 8.76. The molecule has 27 heavy (non-hydrogen) atoms. The highest BCUT2D eigenvalue weighted by Gasteiger charge is 2.14. The van der Waals surface area contributed by atoms with Crippen LogP contribution in [0.4, 0.5) is 10.5 Å². The summed E-state index contributed by atoms with van der Waals surface area (Å²) < 4.78 is 5.22. The number of benzene rings is 2. The lowest BCUT2D eigenvalue weighted by atomic mass is 10.1. The number of urea groups is 1. The number of carbonyl (C=O) groups excluding carboxylic acids is 2. The van der Waals surface area contributed by atoms with E-state index in [4.69, 9.17) is 27.9 Å². The van der Waals surface area contributed by atoms with Gasteiger partial charge in [0, 0.05) is 6.54 Å². The lowest BCUT2D eigenvalue weighted by molar-refractivity contribution is 0.0501. The van der Waals surface area contributed by atoms with Gasteiger partial charge in [-0.05, 0) is 42.7 Å². The number of carbonyl (C=O) groups is 2. The van der Waals surface area contributed by atoms with Crippen LogP contribution in [0, 0.1) is 0 Å². The number of hydrogen-bond acceptors (Lipinski definition) is 3. The summed E-state index contributed by atoms with van der Waals surface area (Å²) in [5.41, 5.74) is 1.70. The molecule has 0 heterocycles. The van der Waals surface area contributed by atoms with Gasteiger partial charge in [-0.25, -0.2) is 9.59 Å². The second-order valence-electron chi connectivity index (χ2n) is 5.91. The maximum absolute atomic E-state index is 12.2. The van der Waals surface area contributed by atoms with Crippen LogP contribution in [0.15, 0.2) is 42.5 Å². The van der Waals surface area contributed by atoms with Gasteiger partial charge in [-0.3, -0.25) is 0 Å². The topological polar surface area (TPSA) is 67.4 Å². The molecule has 144 valence electrons. The molecule has 0 bridgehead atoms. The van der Waals surface area contributed by atoms with E-state index >= 15 is 0 Å². The van der Waals surface area contributed by atoms with Gasteiger partial charge in [-0.1, -0.05) is 54.7 Å². The van der Waals surface area contributed by atoms with Gasteiger partial charge in [0.15, 0.2) is 0 Å². The van der Waals surface area contributed by atoms with Crippen molar-refractivity contribution in [1.29, 1.82) is 0 Å². The zero-order chi connectivity index (χ0) is 19.6. The molecule has 0 aliphatic rings. The monoisotopic (exact) mass is 408 g/mol. The number of nitrogens with one attached hydrogen (secondary N) is 2. The van der Waals surface area contributed by atoms with Crippen molar-refractivity contribution in [3.05, 3.63) is 63.6 Å². The van der Waals surface area contributed by atoms with Gasteiger partial charge in [-0.2, -0.15) is 0 Å². The fraction of sp³-hybridized carbons (Fsp3) is 0.300. The first-order valence-corrected chi connectivity index (χ1v) is 9.51. The van der Waals surface area contributed by atoms with Crippen molar-refractivity contribution in [3.63, 3.8) is 0 Å². The van der Waals surface area contributed by atoms with Gasteiger partial charge < -0.3 is 15.4 Å². The molecular formula is C20H22Cl2N2O3. The Hall–Kier alpha value is -2.24. The number of para-hydroxylation sites is 1. The Bertz CT molecular complexity index is 797. The maximum Gasteiger partial charge on any atom is 0.340 e. The quantitative estimate of drug-likeness (QED) is 0.458. The first kappa shape index (κ1) is 21.1. The molecule has 5 nitrogen and oxygen atoms in total. The summed E-state index contributed by atoms with van der Waals surface area (Å²) in [6.07, 6.45) is 2.34. The molecule has 0 aliphatic heterocycles. The van der Waals surface area contributed by atoms with Crippen LogP contribution in [-0.4, -0.2) is 25.2 Å². The van der Waals surface area contributed by atoms with Crippen molar-refractivity contribution in [2.24, 2.45) is 0 Å². The number of rotatable bonds is 8. The van der Waals surface area contributed by atoms with Crippen molar-refractivity contribution < 1.29 is 14.3 Å². The molecule has 0 aromatic heterocycles. The molecule has 2 amide bonds. The van der Waals surface area contributed by atoms with Crippen molar-refractivity contribution in [2.75, 3.05) is 18.5 Å². The summed E-state index contributed by atoms with van der Waals surface area (Å²) >= 11 is 11.9. The molecule has 2 aromatic rings. The van der Waals surface area contributed by atoms with Crippen LogP contribution in [0.5, 0.6) is 0 Å². The number of esters is 1. The Morgan fingerprint density at radius 3 is 2.59 bits per heavy atom. The highest BCUT2D eigenvalue weighted by atomic mass is 35.5. The van der Waals surface area contributed by atoms with Gasteiger partial charge in [-0.15, -0.1) is 0 Å². The van der Waals surface area contributed by atoms with Crippen LogP contribution < -0.4 is 10.6 Å². The normalized spacial score (nSPS) is 10.3. The van der Waals surface area contributed by atoms with E-state index in [2.05, 4.69) is 10.6 Å². The van der Waals surface area contributed by atoms with Crippen molar-refractivity contribution >= 4 is 40.9 Å². The van der Waals surface area contributed by atoms with Gasteiger partial charge in [0.2, 0.25) is 0 Å². The second kappa shape index (κ2) is 10.8. The van der Waals surface area contributed by atoms with Crippen LogP contribution in [0.3, 0.4) is 0 Å². The van der Waals surface area contributed by atoms with E-state index in [0.717, 1.165) is 18.4 Å². The van der Waals surface area contributed by atoms with E-state index in [0.29, 0.717) is 40.9 Å². The zero-order valence-corrected chi connectivity index (χ0v) is 16.6. The average Bonchev–Trinajstić information content (AvgIpc) is 2.65. The predicted molar refractivity (Wildman–Crippen MR) is 109 cm³/mol. The number of anilines is 1. The lowest BCUT2D eigenvalue weighted by Gasteiger charge is -2.12. The second-order valence-corrected chi connectivity index (χ2v) is 6.73. The molecule has 0 saturated heterocycles. The van der Waals surface area contributed by atoms with E-state index in [1.807, 2.05) is 13.0 Å². The van der Waals surface area contributed by atoms with Crippen LogP contribution in [-0.2, 0) is 11.2 Å². The van der Waals surface area contributed by atoms with Gasteiger partial charge in [0.05, 0.1) is 27.9 Å². The third-order valence-electron chi connectivity index (χ3n) is 3.81. The molecule has 7 heteroatoms. The van der Waals surface area contributed by atoms with E-state index in [1.165, 1.54) is 0 Å². The molecule has 0 saturated carbocycles. The van der Waals surface area contributed by atoms with Gasteiger partial charge in [0.1, 0.15) is 0 Å². The van der Waals surface area contributed by atoms with Crippen molar-refractivity contribution in [1.82, 2.24) is 5.32 Å². The predicted octanol–water partition coefficient (Wildman–Crippen LogP) is 5.31. The largest absolute Gasteiger partial charge is 0.462 e. The number of unbranched alkanes of at least 4 members (excludes halogenated alkanes) is 1. The Kier molecular flexibility index (Phi) is 8.43. The van der Waals surface area contributed by atoms with E-state index < -0.39 is 12.0 Å². The minimum atomic E-state index is -0.449. The SMILES string of the molecule is CCCCOC(=O)c1ccccc1NC(=O)NCCc1ccc(Cl)c(Cl)c1. The molecule has 0 spiro atoms. The van der Waals surface area contributed by atoms with Gasteiger partial charge >= 0.3 is 12.0 Å². The summed E-state index contributed by atoms with van der Waals surface area (Å²) in [6.45, 7) is 2.79. The standard InChI is InChI=1S/C20H22Cl2N2O3/c1-2-3-12-27-19(25)15-6-4-5-7-18(15)24-20(26)23-11-10-14-8-9-16(21)17(22)13-14/h4-9,13H,2-3,10-12H2,1H3,(H2,23,24,26). The third kappa shape index (κ3) is 6.77. The minimum Gasteiger partial charge on any atom is -0.462 e. The smallest absolute Gasteiger partial charge is 0.340 e. The Morgan fingerprint density at radius 2 is 1.85 bits per heavy atom. The highest BCUT2D eigenvalue weighted by Crippen LogP contribution is 2.22. The number of amides is 2. The molecule has 0 aliphatic carbocycles. The molecular weight excluding hydrogens is 387 g/mol. The van der Waals surface area contributed by atoms with Gasteiger partial charge in [0.25, 0.3) is 0 Å². The number of ether oxygens (including phenoxy) is 1. The van der Waals surface area contributed by atoms with Crippen molar-refractivity contribution in [3.8, 4) is 0 Å². The Labute approximate surface area is 169 Å². The molecule has 2 rings (SSSR count). The molecule has 0 radical (unpaired) electrons. The number of halogens is 2. The lowest BCUT2D eigenvalue weighted by Crippen LogP contribution is -2.31. The molecule has 2 aromatic carbocycles. The third-order valence-corrected chi connectivity index (χ3v) is 4.55.